The summed E-state index contributed by atoms with van der Waals surface area (Å²) in [6.45, 7) is 5.49. The second kappa shape index (κ2) is 9.60. The third-order valence-corrected chi connectivity index (χ3v) is 3.48. The van der Waals surface area contributed by atoms with Crippen molar-refractivity contribution in [1.82, 2.24) is 0 Å². The van der Waals surface area contributed by atoms with E-state index in [-0.39, 0.29) is 5.91 Å². The van der Waals surface area contributed by atoms with Crippen LogP contribution in [0.5, 0.6) is 11.5 Å². The number of benzene rings is 2. The summed E-state index contributed by atoms with van der Waals surface area (Å²) >= 11 is 0. The number of carbonyl (C=O) groups excluding carboxylic acids is 1. The van der Waals surface area contributed by atoms with E-state index in [2.05, 4.69) is 12.2 Å². The van der Waals surface area contributed by atoms with Crippen LogP contribution in [0.4, 0.5) is 5.69 Å². The Kier molecular flexibility index (Phi) is 7.15. The number of carbonyl (C=O) groups is 1. The van der Waals surface area contributed by atoms with Gasteiger partial charge in [-0.25, -0.2) is 0 Å². The lowest BCUT2D eigenvalue weighted by atomic mass is 10.2. The van der Waals surface area contributed by atoms with E-state index >= 15 is 0 Å². The molecule has 1 N–H and O–H groups in total. The van der Waals surface area contributed by atoms with Crippen LogP contribution in [-0.2, 0) is 0 Å². The van der Waals surface area contributed by atoms with E-state index in [1.807, 2.05) is 43.3 Å². The van der Waals surface area contributed by atoms with Gasteiger partial charge in [-0.15, -0.1) is 0 Å². The highest BCUT2D eigenvalue weighted by Gasteiger charge is 2.10. The number of hydrogen-bond acceptors (Lipinski definition) is 3. The van der Waals surface area contributed by atoms with Crippen molar-refractivity contribution < 1.29 is 14.3 Å². The highest BCUT2D eigenvalue weighted by molar-refractivity contribution is 6.05. The Morgan fingerprint density at radius 2 is 1.67 bits per heavy atom. The zero-order chi connectivity index (χ0) is 17.2. The van der Waals surface area contributed by atoms with Gasteiger partial charge in [-0.05, 0) is 49.2 Å². The Hall–Kier alpha value is -2.49. The summed E-state index contributed by atoms with van der Waals surface area (Å²) < 4.78 is 11.3. The largest absolute Gasteiger partial charge is 0.494 e. The first-order valence-electron chi connectivity index (χ1n) is 8.50. The molecule has 4 nitrogen and oxygen atoms in total. The van der Waals surface area contributed by atoms with Crippen molar-refractivity contribution >= 4 is 11.6 Å². The first kappa shape index (κ1) is 17.9. The maximum Gasteiger partial charge on any atom is 0.255 e. The maximum absolute atomic E-state index is 12.4. The summed E-state index contributed by atoms with van der Waals surface area (Å²) in [4.78, 5) is 12.4. The zero-order valence-corrected chi connectivity index (χ0v) is 14.4. The lowest BCUT2D eigenvalue weighted by molar-refractivity contribution is 0.102. The molecule has 0 bridgehead atoms. The van der Waals surface area contributed by atoms with Gasteiger partial charge in [-0.2, -0.15) is 0 Å². The summed E-state index contributed by atoms with van der Waals surface area (Å²) in [6, 6.07) is 14.6. The van der Waals surface area contributed by atoms with Crippen molar-refractivity contribution in [3.8, 4) is 11.5 Å². The molecule has 0 aliphatic carbocycles. The lowest BCUT2D eigenvalue weighted by Gasteiger charge is -2.12. The van der Waals surface area contributed by atoms with Crippen LogP contribution in [0.15, 0.2) is 48.5 Å². The van der Waals surface area contributed by atoms with Gasteiger partial charge in [0.25, 0.3) is 5.91 Å². The van der Waals surface area contributed by atoms with Crippen molar-refractivity contribution in [1.29, 1.82) is 0 Å². The van der Waals surface area contributed by atoms with Crippen LogP contribution < -0.4 is 14.8 Å². The highest BCUT2D eigenvalue weighted by atomic mass is 16.5. The molecule has 0 aliphatic heterocycles. The van der Waals surface area contributed by atoms with Crippen LogP contribution >= 0.6 is 0 Å². The fourth-order valence-electron chi connectivity index (χ4n) is 2.14. The smallest absolute Gasteiger partial charge is 0.255 e. The Morgan fingerprint density at radius 3 is 2.38 bits per heavy atom. The van der Waals surface area contributed by atoms with Gasteiger partial charge in [0, 0.05) is 5.56 Å². The Bertz CT molecular complexity index is 638. The summed E-state index contributed by atoms with van der Waals surface area (Å²) in [5.41, 5.74) is 1.27. The summed E-state index contributed by atoms with van der Waals surface area (Å²) in [5.74, 6) is 1.31. The molecule has 1 amide bonds. The second-order valence-electron chi connectivity index (χ2n) is 5.53. The molecule has 0 radical (unpaired) electrons. The normalized spacial score (nSPS) is 10.2. The standard InChI is InChI=1S/C20H25NO3/c1-3-5-15-23-17-12-10-16(11-13-17)20(22)21-18-8-6-7-9-19(18)24-14-4-2/h6-13H,3-5,14-15H2,1-2H3,(H,21,22). The Labute approximate surface area is 143 Å². The molecule has 128 valence electrons. The minimum Gasteiger partial charge on any atom is -0.494 e. The fraction of sp³-hybridized carbons (Fsp3) is 0.350. The number of rotatable bonds is 9. The highest BCUT2D eigenvalue weighted by Crippen LogP contribution is 2.24. The average molecular weight is 327 g/mol. The molecule has 0 aromatic heterocycles. The van der Waals surface area contributed by atoms with E-state index in [1.165, 1.54) is 0 Å². The lowest BCUT2D eigenvalue weighted by Crippen LogP contribution is -2.13. The molecule has 0 fully saturated rings. The first-order valence-corrected chi connectivity index (χ1v) is 8.50. The topological polar surface area (TPSA) is 47.6 Å². The molecule has 0 spiro atoms. The predicted molar refractivity (Wildman–Crippen MR) is 97.0 cm³/mol. The van der Waals surface area contributed by atoms with E-state index in [0.29, 0.717) is 30.2 Å². The molecule has 0 unspecified atom stereocenters. The van der Waals surface area contributed by atoms with Gasteiger partial charge in [0.15, 0.2) is 0 Å². The predicted octanol–water partition coefficient (Wildman–Crippen LogP) is 4.91. The molecular weight excluding hydrogens is 302 g/mol. The van der Waals surface area contributed by atoms with Crippen molar-refractivity contribution in [3.05, 3.63) is 54.1 Å². The maximum atomic E-state index is 12.4. The van der Waals surface area contributed by atoms with Gasteiger partial charge in [-0.1, -0.05) is 32.4 Å². The zero-order valence-electron chi connectivity index (χ0n) is 14.4. The number of anilines is 1. The number of nitrogens with one attached hydrogen (secondary N) is 1. The molecule has 0 aliphatic rings. The molecule has 0 heterocycles. The Morgan fingerprint density at radius 1 is 0.917 bits per heavy atom. The molecule has 0 atom stereocenters. The number of unbranched alkanes of at least 4 members (excludes halogenated alkanes) is 1. The van der Waals surface area contributed by atoms with Gasteiger partial charge in [0.1, 0.15) is 11.5 Å². The minimum absolute atomic E-state index is 0.164. The molecule has 2 aromatic carbocycles. The van der Waals surface area contributed by atoms with Crippen LogP contribution in [0, 0.1) is 0 Å². The molecular formula is C20H25NO3. The van der Waals surface area contributed by atoms with Crippen molar-refractivity contribution in [2.24, 2.45) is 0 Å². The molecule has 0 saturated heterocycles. The van der Waals surface area contributed by atoms with Crippen LogP contribution in [-0.4, -0.2) is 19.1 Å². The Balaban J connectivity index is 1.99. The van der Waals surface area contributed by atoms with E-state index in [9.17, 15) is 4.79 Å². The van der Waals surface area contributed by atoms with E-state index in [0.717, 1.165) is 25.0 Å². The molecule has 24 heavy (non-hydrogen) atoms. The molecule has 0 saturated carbocycles. The monoisotopic (exact) mass is 327 g/mol. The summed E-state index contributed by atoms with van der Waals surface area (Å²) in [5, 5.41) is 2.90. The molecule has 2 aromatic rings. The van der Waals surface area contributed by atoms with Gasteiger partial charge in [0.2, 0.25) is 0 Å². The van der Waals surface area contributed by atoms with Crippen molar-refractivity contribution in [2.75, 3.05) is 18.5 Å². The van der Waals surface area contributed by atoms with Crippen LogP contribution in [0.1, 0.15) is 43.5 Å². The van der Waals surface area contributed by atoms with Crippen LogP contribution in [0.25, 0.3) is 0 Å². The quantitative estimate of drug-likeness (QED) is 0.666. The number of para-hydroxylation sites is 2. The average Bonchev–Trinajstić information content (AvgIpc) is 2.62. The molecule has 2 rings (SSSR count). The third-order valence-electron chi connectivity index (χ3n) is 3.48. The van der Waals surface area contributed by atoms with Gasteiger partial charge >= 0.3 is 0 Å². The van der Waals surface area contributed by atoms with Gasteiger partial charge in [-0.3, -0.25) is 4.79 Å². The number of hydrogen-bond donors (Lipinski definition) is 1. The van der Waals surface area contributed by atoms with E-state index in [1.54, 1.807) is 12.1 Å². The summed E-state index contributed by atoms with van der Waals surface area (Å²) in [7, 11) is 0. The second-order valence-corrected chi connectivity index (χ2v) is 5.53. The molecule has 4 heteroatoms. The van der Waals surface area contributed by atoms with E-state index < -0.39 is 0 Å². The SMILES string of the molecule is CCCCOc1ccc(C(=O)Nc2ccccc2OCCC)cc1. The van der Waals surface area contributed by atoms with Gasteiger partial charge in [0.05, 0.1) is 18.9 Å². The minimum atomic E-state index is -0.164. The van der Waals surface area contributed by atoms with Crippen LogP contribution in [0.2, 0.25) is 0 Å². The fourth-order valence-corrected chi connectivity index (χ4v) is 2.14. The third kappa shape index (κ3) is 5.30. The number of amides is 1. The van der Waals surface area contributed by atoms with Crippen molar-refractivity contribution in [3.63, 3.8) is 0 Å². The first-order chi connectivity index (χ1) is 11.7. The number of ether oxygens (including phenoxy) is 2. The van der Waals surface area contributed by atoms with Crippen LogP contribution in [0.3, 0.4) is 0 Å². The van der Waals surface area contributed by atoms with E-state index in [4.69, 9.17) is 9.47 Å². The van der Waals surface area contributed by atoms with Gasteiger partial charge < -0.3 is 14.8 Å². The van der Waals surface area contributed by atoms with Crippen molar-refractivity contribution in [2.45, 2.75) is 33.1 Å². The summed E-state index contributed by atoms with van der Waals surface area (Å²) in [6.07, 6.45) is 3.04.